The Morgan fingerprint density at radius 3 is 2.82 bits per heavy atom. The fraction of sp³-hybridized carbons (Fsp3) is 0.350. The lowest BCUT2D eigenvalue weighted by molar-refractivity contribution is -0.138. The van der Waals surface area contributed by atoms with E-state index in [2.05, 4.69) is 25.5 Å². The maximum atomic E-state index is 13.3. The highest BCUT2D eigenvalue weighted by Gasteiger charge is 2.33. The maximum Gasteiger partial charge on any atom is 0.416 e. The summed E-state index contributed by atoms with van der Waals surface area (Å²) in [6, 6.07) is 5.63. The fourth-order valence-electron chi connectivity index (χ4n) is 3.80. The molecule has 1 aromatic carbocycles. The third-order valence-electron chi connectivity index (χ3n) is 5.16. The van der Waals surface area contributed by atoms with Crippen LogP contribution in [0.25, 0.3) is 10.9 Å². The molecule has 4 nitrogen and oxygen atoms in total. The highest BCUT2D eigenvalue weighted by Crippen LogP contribution is 2.35. The molecule has 0 unspecified atom stereocenters. The predicted molar refractivity (Wildman–Crippen MR) is 104 cm³/mol. The Bertz CT molecular complexity index is 1130. The van der Waals surface area contributed by atoms with E-state index in [9.17, 15) is 13.2 Å². The van der Waals surface area contributed by atoms with Gasteiger partial charge in [-0.1, -0.05) is 12.1 Å². The number of rotatable bonds is 2. The van der Waals surface area contributed by atoms with E-state index in [0.29, 0.717) is 15.7 Å². The summed E-state index contributed by atoms with van der Waals surface area (Å²) >= 11 is 3.39. The van der Waals surface area contributed by atoms with Gasteiger partial charge in [0.15, 0.2) is 5.49 Å². The SMILES string of the molecule is Cc1c([C@@H](C)N=c2nc3n(c4cnc(Br)cc24)CCC3)cccc1C(F)(F)F. The molecule has 0 amide bonds. The number of benzene rings is 1. The quantitative estimate of drug-likeness (QED) is 0.508. The number of hydrogen-bond acceptors (Lipinski definition) is 3. The number of halogens is 4. The fourth-order valence-corrected chi connectivity index (χ4v) is 4.13. The molecule has 3 heterocycles. The molecule has 0 radical (unpaired) electrons. The lowest BCUT2D eigenvalue weighted by Gasteiger charge is -2.16. The second-order valence-electron chi connectivity index (χ2n) is 6.95. The van der Waals surface area contributed by atoms with Crippen LogP contribution < -0.4 is 5.49 Å². The van der Waals surface area contributed by atoms with E-state index in [0.717, 1.165) is 42.2 Å². The zero-order chi connectivity index (χ0) is 20.1. The van der Waals surface area contributed by atoms with Crippen molar-refractivity contribution in [2.24, 2.45) is 4.99 Å². The Morgan fingerprint density at radius 2 is 2.07 bits per heavy atom. The average molecular weight is 451 g/mol. The van der Waals surface area contributed by atoms with Crippen molar-refractivity contribution in [3.8, 4) is 0 Å². The van der Waals surface area contributed by atoms with Crippen LogP contribution in [-0.2, 0) is 19.1 Å². The zero-order valence-corrected chi connectivity index (χ0v) is 17.0. The van der Waals surface area contributed by atoms with Gasteiger partial charge >= 0.3 is 6.18 Å². The van der Waals surface area contributed by atoms with Gasteiger partial charge in [-0.05, 0) is 59.5 Å². The Morgan fingerprint density at radius 1 is 1.29 bits per heavy atom. The van der Waals surface area contributed by atoms with E-state index in [4.69, 9.17) is 9.98 Å². The second kappa shape index (κ2) is 6.99. The number of fused-ring (bicyclic) bond motifs is 3. The van der Waals surface area contributed by atoms with Crippen LogP contribution in [0.1, 0.15) is 41.9 Å². The van der Waals surface area contributed by atoms with Crippen LogP contribution in [0.15, 0.2) is 40.1 Å². The molecule has 0 aliphatic carbocycles. The average Bonchev–Trinajstić information content (AvgIpc) is 3.09. The van der Waals surface area contributed by atoms with E-state index >= 15 is 0 Å². The Hall–Kier alpha value is -2.22. The topological polar surface area (TPSA) is 43.1 Å². The summed E-state index contributed by atoms with van der Waals surface area (Å²) < 4.78 is 42.6. The van der Waals surface area contributed by atoms with Gasteiger partial charge < -0.3 is 4.57 Å². The van der Waals surface area contributed by atoms with Gasteiger partial charge in [-0.25, -0.2) is 9.97 Å². The molecular weight excluding hydrogens is 433 g/mol. The van der Waals surface area contributed by atoms with Crippen molar-refractivity contribution in [3.05, 3.63) is 63.1 Å². The molecule has 3 aromatic rings. The minimum Gasteiger partial charge on any atom is -0.328 e. The van der Waals surface area contributed by atoms with Gasteiger partial charge in [0.05, 0.1) is 23.3 Å². The van der Waals surface area contributed by atoms with Crippen molar-refractivity contribution in [3.63, 3.8) is 0 Å². The van der Waals surface area contributed by atoms with Gasteiger partial charge in [0.1, 0.15) is 10.4 Å². The molecule has 4 rings (SSSR count). The first kappa shape index (κ1) is 19.1. The standard InChI is InChI=1S/C20H18BrF3N4/c1-11-13(5-3-6-15(11)20(22,23)24)12(2)26-19-14-9-17(21)25-10-16(14)28-8-4-7-18(28)27-19/h3,5-6,9-10,12H,4,7-8H2,1-2H3/t12-/m1/s1. The normalized spacial score (nSPS) is 15.9. The summed E-state index contributed by atoms with van der Waals surface area (Å²) in [5.74, 6) is 0.934. The molecular formula is C20H18BrF3N4. The van der Waals surface area contributed by atoms with Crippen LogP contribution in [0.4, 0.5) is 13.2 Å². The van der Waals surface area contributed by atoms with Crippen LogP contribution >= 0.6 is 15.9 Å². The maximum absolute atomic E-state index is 13.3. The highest BCUT2D eigenvalue weighted by atomic mass is 79.9. The third kappa shape index (κ3) is 3.34. The smallest absolute Gasteiger partial charge is 0.328 e. The van der Waals surface area contributed by atoms with E-state index in [1.54, 1.807) is 19.2 Å². The lowest BCUT2D eigenvalue weighted by atomic mass is 9.97. The number of alkyl halides is 3. The Labute approximate surface area is 168 Å². The lowest BCUT2D eigenvalue weighted by Crippen LogP contribution is -2.18. The Balaban J connectivity index is 1.90. The largest absolute Gasteiger partial charge is 0.416 e. The van der Waals surface area contributed by atoms with Gasteiger partial charge in [-0.15, -0.1) is 0 Å². The summed E-state index contributed by atoms with van der Waals surface area (Å²) in [6.45, 7) is 4.17. The third-order valence-corrected chi connectivity index (χ3v) is 5.59. The van der Waals surface area contributed by atoms with Crippen molar-refractivity contribution in [2.75, 3.05) is 0 Å². The number of hydrogen-bond donors (Lipinski definition) is 0. The number of nitrogens with zero attached hydrogens (tertiary/aromatic N) is 4. The molecule has 0 saturated carbocycles. The van der Waals surface area contributed by atoms with Gasteiger partial charge in [0.25, 0.3) is 0 Å². The van der Waals surface area contributed by atoms with Crippen LogP contribution in [-0.4, -0.2) is 14.5 Å². The first-order chi connectivity index (χ1) is 13.3. The highest BCUT2D eigenvalue weighted by molar-refractivity contribution is 9.10. The van der Waals surface area contributed by atoms with Crippen molar-refractivity contribution < 1.29 is 13.2 Å². The summed E-state index contributed by atoms with van der Waals surface area (Å²) in [5.41, 5.74) is 1.61. The summed E-state index contributed by atoms with van der Waals surface area (Å²) in [7, 11) is 0. The van der Waals surface area contributed by atoms with Crippen LogP contribution in [0.2, 0.25) is 0 Å². The first-order valence-electron chi connectivity index (χ1n) is 9.01. The summed E-state index contributed by atoms with van der Waals surface area (Å²) in [5, 5.41) is 0.837. The van der Waals surface area contributed by atoms with E-state index in [-0.39, 0.29) is 5.56 Å². The molecule has 146 valence electrons. The molecule has 1 aliphatic heterocycles. The van der Waals surface area contributed by atoms with Crippen LogP contribution in [0.5, 0.6) is 0 Å². The molecule has 1 aliphatic rings. The molecule has 2 aromatic heterocycles. The monoisotopic (exact) mass is 450 g/mol. The van der Waals surface area contributed by atoms with Crippen molar-refractivity contribution in [1.29, 1.82) is 0 Å². The van der Waals surface area contributed by atoms with Crippen LogP contribution in [0, 0.1) is 6.92 Å². The van der Waals surface area contributed by atoms with E-state index in [1.165, 1.54) is 13.0 Å². The van der Waals surface area contributed by atoms with Gasteiger partial charge in [0, 0.05) is 18.4 Å². The van der Waals surface area contributed by atoms with Gasteiger partial charge in [-0.3, -0.25) is 4.99 Å². The van der Waals surface area contributed by atoms with Crippen molar-refractivity contribution >= 4 is 26.8 Å². The van der Waals surface area contributed by atoms with Crippen molar-refractivity contribution in [2.45, 2.75) is 45.5 Å². The first-order valence-corrected chi connectivity index (χ1v) is 9.80. The van der Waals surface area contributed by atoms with E-state index in [1.807, 2.05) is 6.07 Å². The molecule has 8 heteroatoms. The summed E-state index contributed by atoms with van der Waals surface area (Å²) in [6.07, 6.45) is -0.740. The minimum absolute atomic E-state index is 0.203. The van der Waals surface area contributed by atoms with Gasteiger partial charge in [-0.2, -0.15) is 13.2 Å². The number of pyridine rings is 1. The molecule has 28 heavy (non-hydrogen) atoms. The van der Waals surface area contributed by atoms with Crippen molar-refractivity contribution in [1.82, 2.24) is 14.5 Å². The van der Waals surface area contributed by atoms with Crippen LogP contribution in [0.3, 0.4) is 0 Å². The predicted octanol–water partition coefficient (Wildman–Crippen LogP) is 5.13. The molecule has 1 atom stereocenters. The second-order valence-corrected chi connectivity index (χ2v) is 7.77. The molecule has 0 N–H and O–H groups in total. The summed E-state index contributed by atoms with van der Waals surface area (Å²) in [4.78, 5) is 13.8. The van der Waals surface area contributed by atoms with E-state index < -0.39 is 17.8 Å². The number of aryl methyl sites for hydroxylation is 2. The number of aromatic nitrogens is 3. The molecule has 0 bridgehead atoms. The Kier molecular flexibility index (Phi) is 4.77. The zero-order valence-electron chi connectivity index (χ0n) is 15.4. The minimum atomic E-state index is -4.38. The molecule has 0 saturated heterocycles. The van der Waals surface area contributed by atoms with Gasteiger partial charge in [0.2, 0.25) is 0 Å². The molecule has 0 fully saturated rings. The molecule has 0 spiro atoms.